The number of halogens is 3. The summed E-state index contributed by atoms with van der Waals surface area (Å²) in [6.45, 7) is 4.61. The molecule has 0 aliphatic rings. The number of hydrogen-bond acceptors (Lipinski definition) is 7. The molecule has 1 heterocycles. The quantitative estimate of drug-likeness (QED) is 0.201. The van der Waals surface area contributed by atoms with Gasteiger partial charge in [0.2, 0.25) is 0 Å². The number of carbonyl (C=O) groups is 2. The van der Waals surface area contributed by atoms with Gasteiger partial charge in [-0.1, -0.05) is 13.0 Å². The average Bonchev–Trinajstić information content (AvgIpc) is 2.90. The van der Waals surface area contributed by atoms with E-state index < -0.39 is 23.7 Å². The van der Waals surface area contributed by atoms with Crippen LogP contribution in [0.1, 0.15) is 50.2 Å². The zero-order chi connectivity index (χ0) is 29.9. The molecule has 1 atom stereocenters. The highest BCUT2D eigenvalue weighted by molar-refractivity contribution is 5.99. The Kier molecular flexibility index (Phi) is 12.0. The lowest BCUT2D eigenvalue weighted by atomic mass is 10.0. The highest BCUT2D eigenvalue weighted by atomic mass is 19.4. The van der Waals surface area contributed by atoms with Crippen LogP contribution in [-0.2, 0) is 15.8 Å². The largest absolute Gasteiger partial charge is 0.493 e. The number of benzene rings is 2. The Bertz CT molecular complexity index is 1290. The molecule has 0 radical (unpaired) electrons. The van der Waals surface area contributed by atoms with E-state index in [2.05, 4.69) is 17.2 Å². The minimum absolute atomic E-state index is 0.0674. The molecular formula is C28H34F3N3O6. The van der Waals surface area contributed by atoms with Crippen molar-refractivity contribution >= 4 is 28.5 Å². The summed E-state index contributed by atoms with van der Waals surface area (Å²) in [5.74, 6) is -1.35. The van der Waals surface area contributed by atoms with Gasteiger partial charge in [0.25, 0.3) is 0 Å². The molecule has 5 N–H and O–H groups in total. The number of alkyl halides is 3. The Morgan fingerprint density at radius 2 is 1.80 bits per heavy atom. The van der Waals surface area contributed by atoms with Crippen molar-refractivity contribution in [1.82, 2.24) is 4.98 Å². The molecule has 0 saturated heterocycles. The van der Waals surface area contributed by atoms with E-state index in [4.69, 9.17) is 25.4 Å². The molecule has 218 valence electrons. The second-order valence-electron chi connectivity index (χ2n) is 8.90. The number of ether oxygens (including phenoxy) is 2. The van der Waals surface area contributed by atoms with Gasteiger partial charge >= 0.3 is 18.1 Å². The van der Waals surface area contributed by atoms with Gasteiger partial charge in [-0.05, 0) is 62.6 Å². The maximum Gasteiger partial charge on any atom is 0.416 e. The van der Waals surface area contributed by atoms with Gasteiger partial charge in [0.1, 0.15) is 5.75 Å². The van der Waals surface area contributed by atoms with Gasteiger partial charge in [0.15, 0.2) is 11.5 Å². The Morgan fingerprint density at radius 1 is 1.12 bits per heavy atom. The monoisotopic (exact) mass is 565 g/mol. The Hall–Kier alpha value is -4.06. The van der Waals surface area contributed by atoms with Crippen LogP contribution >= 0.6 is 0 Å². The Morgan fingerprint density at radius 3 is 2.35 bits per heavy atom. The number of anilines is 1. The molecule has 0 fully saturated rings. The molecule has 0 amide bonds. The number of hydrogen-bond donors (Lipinski definition) is 4. The fourth-order valence-electron chi connectivity index (χ4n) is 3.83. The zero-order valence-corrected chi connectivity index (χ0v) is 22.5. The number of nitrogens with one attached hydrogen (secondary N) is 1. The Labute approximate surface area is 230 Å². The van der Waals surface area contributed by atoms with Crippen molar-refractivity contribution in [3.05, 3.63) is 53.7 Å². The van der Waals surface area contributed by atoms with Crippen LogP contribution in [-0.4, -0.2) is 46.8 Å². The third-order valence-corrected chi connectivity index (χ3v) is 5.90. The molecule has 0 bridgehead atoms. The second kappa shape index (κ2) is 14.9. The number of carboxylic acids is 2. The average molecular weight is 566 g/mol. The first-order valence-electron chi connectivity index (χ1n) is 12.6. The molecule has 0 spiro atoms. The minimum Gasteiger partial charge on any atom is -0.493 e. The lowest BCUT2D eigenvalue weighted by molar-refractivity contribution is -0.143. The van der Waals surface area contributed by atoms with Crippen LogP contribution in [0.4, 0.5) is 18.9 Å². The van der Waals surface area contributed by atoms with Crippen molar-refractivity contribution in [2.45, 2.75) is 58.2 Å². The van der Waals surface area contributed by atoms with Crippen molar-refractivity contribution in [1.29, 1.82) is 0 Å². The van der Waals surface area contributed by atoms with E-state index in [9.17, 15) is 22.8 Å². The van der Waals surface area contributed by atoms with Crippen LogP contribution in [0, 0.1) is 6.92 Å². The summed E-state index contributed by atoms with van der Waals surface area (Å²) in [5, 5.41) is 20.0. The number of rotatable bonds is 12. The first-order valence-corrected chi connectivity index (χ1v) is 12.6. The number of nitrogens with two attached hydrogens (primary N) is 1. The third-order valence-electron chi connectivity index (χ3n) is 5.90. The summed E-state index contributed by atoms with van der Waals surface area (Å²) in [4.78, 5) is 23.8. The molecule has 1 aromatic heterocycles. The predicted octanol–water partition coefficient (Wildman–Crippen LogP) is 6.23. The molecule has 3 aromatic rings. The lowest BCUT2D eigenvalue weighted by Crippen LogP contribution is -2.20. The van der Waals surface area contributed by atoms with E-state index in [0.29, 0.717) is 28.9 Å². The molecule has 40 heavy (non-hydrogen) atoms. The van der Waals surface area contributed by atoms with Crippen molar-refractivity contribution in [3.63, 3.8) is 0 Å². The molecule has 9 nitrogen and oxygen atoms in total. The molecule has 2 aromatic carbocycles. The summed E-state index contributed by atoms with van der Waals surface area (Å²) in [5.41, 5.74) is 7.20. The summed E-state index contributed by atoms with van der Waals surface area (Å²) >= 11 is 0. The number of pyridine rings is 1. The van der Waals surface area contributed by atoms with E-state index in [1.54, 1.807) is 12.3 Å². The number of aromatic nitrogens is 1. The summed E-state index contributed by atoms with van der Waals surface area (Å²) in [6, 6.07) is 8.59. The van der Waals surface area contributed by atoms with Crippen LogP contribution in [0.3, 0.4) is 0 Å². The van der Waals surface area contributed by atoms with Gasteiger partial charge < -0.3 is 30.7 Å². The van der Waals surface area contributed by atoms with E-state index in [1.807, 2.05) is 13.0 Å². The van der Waals surface area contributed by atoms with Crippen LogP contribution in [0.5, 0.6) is 17.2 Å². The van der Waals surface area contributed by atoms with E-state index in [1.165, 1.54) is 19.2 Å². The molecule has 0 aliphatic heterocycles. The standard InChI is InChI=1S/C24H28F3N3O2.C4H6O4/c1-4-17(8-6-11-28)30-19-14-20(31-3)23(21-15(2)10-12-29-22(19)21)32-18-9-5-7-16(13-18)24(25,26)27;5-3(6)1-2-4(7)8/h5,7,9-10,12-14,17,30H,4,6,8,11,28H2,1-3H3;1-2H2,(H,5,6)(H,7,8). The SMILES string of the molecule is CCC(CCCN)Nc1cc(OC)c(Oc2cccc(C(F)(F)F)c2)c2c(C)ccnc12.O=C(O)CCC(=O)O. The van der Waals surface area contributed by atoms with Gasteiger partial charge in [-0.3, -0.25) is 14.6 Å². The molecule has 3 rings (SSSR count). The smallest absolute Gasteiger partial charge is 0.416 e. The summed E-state index contributed by atoms with van der Waals surface area (Å²) < 4.78 is 51.0. The maximum absolute atomic E-state index is 13.2. The van der Waals surface area contributed by atoms with Gasteiger partial charge in [0, 0.05) is 18.3 Å². The van der Waals surface area contributed by atoms with Crippen molar-refractivity contribution in [3.8, 4) is 17.2 Å². The van der Waals surface area contributed by atoms with Gasteiger partial charge in [-0.15, -0.1) is 0 Å². The predicted molar refractivity (Wildman–Crippen MR) is 145 cm³/mol. The van der Waals surface area contributed by atoms with Gasteiger partial charge in [0.05, 0.1) is 42.1 Å². The number of nitrogens with zero attached hydrogens (tertiary/aromatic N) is 1. The van der Waals surface area contributed by atoms with E-state index in [-0.39, 0.29) is 24.6 Å². The van der Waals surface area contributed by atoms with Crippen molar-refractivity contribution in [2.24, 2.45) is 5.73 Å². The fourth-order valence-corrected chi connectivity index (χ4v) is 3.83. The highest BCUT2D eigenvalue weighted by Crippen LogP contribution is 2.44. The number of aliphatic carboxylic acids is 2. The van der Waals surface area contributed by atoms with Crippen molar-refractivity contribution in [2.75, 3.05) is 19.0 Å². The third kappa shape index (κ3) is 9.30. The molecule has 0 aliphatic carbocycles. The van der Waals surface area contributed by atoms with Crippen LogP contribution in [0.15, 0.2) is 42.6 Å². The van der Waals surface area contributed by atoms with Crippen molar-refractivity contribution < 1.29 is 42.4 Å². The zero-order valence-electron chi connectivity index (χ0n) is 22.5. The summed E-state index contributed by atoms with van der Waals surface area (Å²) in [6.07, 6.45) is -0.655. The lowest BCUT2D eigenvalue weighted by Gasteiger charge is -2.22. The molecular weight excluding hydrogens is 531 g/mol. The number of carboxylic acid groups (broad SMARTS) is 2. The first-order chi connectivity index (χ1) is 18.9. The topological polar surface area (TPSA) is 144 Å². The van der Waals surface area contributed by atoms with E-state index in [0.717, 1.165) is 42.6 Å². The van der Waals surface area contributed by atoms with Gasteiger partial charge in [-0.2, -0.15) is 13.2 Å². The van der Waals surface area contributed by atoms with Crippen LogP contribution in [0.25, 0.3) is 10.9 Å². The maximum atomic E-state index is 13.2. The normalized spacial score (nSPS) is 11.8. The summed E-state index contributed by atoms with van der Waals surface area (Å²) in [7, 11) is 1.50. The van der Waals surface area contributed by atoms with Gasteiger partial charge in [-0.25, -0.2) is 0 Å². The molecule has 1 unspecified atom stereocenters. The fraction of sp³-hybridized carbons (Fsp3) is 0.393. The molecule has 12 heteroatoms. The van der Waals surface area contributed by atoms with Crippen LogP contribution in [0.2, 0.25) is 0 Å². The Balaban J connectivity index is 0.000000611. The molecule has 0 saturated carbocycles. The number of fused-ring (bicyclic) bond motifs is 1. The number of methoxy groups -OCH3 is 1. The van der Waals surface area contributed by atoms with E-state index >= 15 is 0 Å². The van der Waals surface area contributed by atoms with Crippen LogP contribution < -0.4 is 20.5 Å². The minimum atomic E-state index is -4.46. The second-order valence-corrected chi connectivity index (χ2v) is 8.90. The highest BCUT2D eigenvalue weighted by Gasteiger charge is 2.31. The first kappa shape index (κ1) is 32.2. The number of aryl methyl sites for hydroxylation is 1.